The Labute approximate surface area is 192 Å². The first-order valence-corrected chi connectivity index (χ1v) is 10.9. The first-order chi connectivity index (χ1) is 14.8. The van der Waals surface area contributed by atoms with Crippen molar-refractivity contribution >= 4 is 63.5 Å². The zero-order chi connectivity index (χ0) is 22.5. The van der Waals surface area contributed by atoms with Crippen LogP contribution in [0.2, 0.25) is 5.02 Å². The lowest BCUT2D eigenvalue weighted by molar-refractivity contribution is -0.384. The molecule has 1 N–H and O–H groups in total. The van der Waals surface area contributed by atoms with E-state index in [0.717, 1.165) is 0 Å². The van der Waals surface area contributed by atoms with Crippen LogP contribution >= 0.6 is 35.6 Å². The highest BCUT2D eigenvalue weighted by molar-refractivity contribution is 8.26. The van der Waals surface area contributed by atoms with Gasteiger partial charge in [-0.05, 0) is 31.0 Å². The second-order valence-corrected chi connectivity index (χ2v) is 8.74. The summed E-state index contributed by atoms with van der Waals surface area (Å²) in [6.45, 7) is 0.434. The molecule has 1 amide bonds. The minimum atomic E-state index is -0.832. The number of rotatable bonds is 9. The highest BCUT2D eigenvalue weighted by Crippen LogP contribution is 2.35. The van der Waals surface area contributed by atoms with Crippen molar-refractivity contribution in [2.24, 2.45) is 0 Å². The van der Waals surface area contributed by atoms with Gasteiger partial charge in [0.25, 0.3) is 11.6 Å². The number of nitrogens with zero attached hydrogens (tertiary/aromatic N) is 2. The van der Waals surface area contributed by atoms with Gasteiger partial charge in [-0.1, -0.05) is 42.0 Å². The van der Waals surface area contributed by atoms with Crippen molar-refractivity contribution in [3.8, 4) is 11.3 Å². The Hall–Kier alpha value is -2.69. The standard InChI is InChI=1S/C20H17ClN2O6S2/c21-15-10-12(23(27)28)5-7-14(15)16-8-6-13(29-16)11-17-19(26)22(20(30)31-17)9-3-1-2-4-18(24)25/h5-8,10-11H,1-4,9H2,(H,24,25)/b17-11+. The van der Waals surface area contributed by atoms with E-state index in [4.69, 9.17) is 33.3 Å². The molecule has 1 fully saturated rings. The summed E-state index contributed by atoms with van der Waals surface area (Å²) >= 11 is 12.6. The van der Waals surface area contributed by atoms with Crippen LogP contribution in [0.15, 0.2) is 39.7 Å². The summed E-state index contributed by atoms with van der Waals surface area (Å²) in [5.41, 5.74) is 0.382. The number of thiocarbonyl (C=S) groups is 1. The van der Waals surface area contributed by atoms with E-state index in [-0.39, 0.29) is 23.0 Å². The van der Waals surface area contributed by atoms with Gasteiger partial charge in [0, 0.05) is 36.7 Å². The molecule has 1 aliphatic heterocycles. The highest BCUT2D eigenvalue weighted by Gasteiger charge is 2.31. The second-order valence-electron chi connectivity index (χ2n) is 6.66. The van der Waals surface area contributed by atoms with Gasteiger partial charge in [0.1, 0.15) is 15.8 Å². The minimum Gasteiger partial charge on any atom is -0.481 e. The van der Waals surface area contributed by atoms with E-state index in [9.17, 15) is 19.7 Å². The molecule has 1 aliphatic rings. The molecule has 0 spiro atoms. The number of aliphatic carboxylic acids is 1. The van der Waals surface area contributed by atoms with Gasteiger partial charge in [0.15, 0.2) is 0 Å². The summed E-state index contributed by atoms with van der Waals surface area (Å²) in [5, 5.41) is 19.7. The van der Waals surface area contributed by atoms with E-state index in [2.05, 4.69) is 0 Å². The zero-order valence-corrected chi connectivity index (χ0v) is 18.5. The van der Waals surface area contributed by atoms with Crippen LogP contribution in [0.4, 0.5) is 5.69 Å². The molecule has 3 rings (SSSR count). The third-order valence-electron chi connectivity index (χ3n) is 4.48. The van der Waals surface area contributed by atoms with Crippen molar-refractivity contribution in [2.75, 3.05) is 6.54 Å². The number of nitro groups is 1. The predicted octanol–water partition coefficient (Wildman–Crippen LogP) is 5.35. The first kappa shape index (κ1) is 23.0. The molecule has 0 saturated carbocycles. The second kappa shape index (κ2) is 10.1. The Morgan fingerprint density at radius 2 is 2.06 bits per heavy atom. The smallest absolute Gasteiger partial charge is 0.303 e. The lowest BCUT2D eigenvalue weighted by Crippen LogP contribution is -2.29. The fourth-order valence-corrected chi connectivity index (χ4v) is 4.49. The van der Waals surface area contributed by atoms with E-state index < -0.39 is 10.9 Å². The third kappa shape index (κ3) is 5.72. The summed E-state index contributed by atoms with van der Waals surface area (Å²) in [5.74, 6) is -0.215. The highest BCUT2D eigenvalue weighted by atomic mass is 35.5. The number of unbranched alkanes of at least 4 members (excludes halogenated alkanes) is 2. The topological polar surface area (TPSA) is 114 Å². The van der Waals surface area contributed by atoms with E-state index in [1.165, 1.54) is 34.9 Å². The number of hydrogen-bond acceptors (Lipinski definition) is 7. The van der Waals surface area contributed by atoms with Crippen LogP contribution in [0, 0.1) is 10.1 Å². The van der Waals surface area contributed by atoms with Crippen LogP contribution in [0.1, 0.15) is 31.4 Å². The SMILES string of the molecule is O=C(O)CCCCCN1C(=O)/C(=C\c2ccc(-c3ccc([N+](=O)[O-])cc3Cl)o2)SC1=S. The number of carbonyl (C=O) groups excluding carboxylic acids is 1. The number of amides is 1. The molecule has 0 unspecified atom stereocenters. The molecule has 8 nitrogen and oxygen atoms in total. The molecule has 2 aromatic rings. The molecule has 1 aromatic heterocycles. The van der Waals surface area contributed by atoms with E-state index in [0.29, 0.717) is 52.1 Å². The van der Waals surface area contributed by atoms with Crippen LogP contribution in [0.3, 0.4) is 0 Å². The number of nitro benzene ring substituents is 1. The van der Waals surface area contributed by atoms with Crippen LogP contribution in [-0.2, 0) is 9.59 Å². The van der Waals surface area contributed by atoms with E-state index in [1.54, 1.807) is 18.2 Å². The molecule has 1 aromatic carbocycles. The molecular formula is C20H17ClN2O6S2. The van der Waals surface area contributed by atoms with Crippen molar-refractivity contribution in [1.29, 1.82) is 0 Å². The van der Waals surface area contributed by atoms with Gasteiger partial charge < -0.3 is 9.52 Å². The molecule has 31 heavy (non-hydrogen) atoms. The summed E-state index contributed by atoms with van der Waals surface area (Å²) in [4.78, 5) is 35.5. The van der Waals surface area contributed by atoms with Gasteiger partial charge in [-0.15, -0.1) is 0 Å². The monoisotopic (exact) mass is 480 g/mol. The Morgan fingerprint density at radius 1 is 1.29 bits per heavy atom. The van der Waals surface area contributed by atoms with Gasteiger partial charge >= 0.3 is 5.97 Å². The maximum atomic E-state index is 12.7. The summed E-state index contributed by atoms with van der Waals surface area (Å²) in [7, 11) is 0. The summed E-state index contributed by atoms with van der Waals surface area (Å²) < 4.78 is 6.20. The van der Waals surface area contributed by atoms with Crippen molar-refractivity contribution in [3.63, 3.8) is 0 Å². The maximum Gasteiger partial charge on any atom is 0.303 e. The molecule has 2 heterocycles. The number of carboxylic acid groups (broad SMARTS) is 1. The first-order valence-electron chi connectivity index (χ1n) is 9.27. The maximum absolute atomic E-state index is 12.7. The normalized spacial score (nSPS) is 15.1. The number of furan rings is 1. The number of carboxylic acids is 1. The predicted molar refractivity (Wildman–Crippen MR) is 122 cm³/mol. The minimum absolute atomic E-state index is 0.109. The summed E-state index contributed by atoms with van der Waals surface area (Å²) in [6.07, 6.45) is 3.61. The number of halogens is 1. The number of carbonyl (C=O) groups is 2. The molecule has 0 atom stereocenters. The fourth-order valence-electron chi connectivity index (χ4n) is 2.94. The third-order valence-corrected chi connectivity index (χ3v) is 6.17. The number of hydrogen-bond donors (Lipinski definition) is 1. The number of non-ortho nitro benzene ring substituents is 1. The molecule has 0 bridgehead atoms. The van der Waals surface area contributed by atoms with Crippen molar-refractivity contribution in [1.82, 2.24) is 4.90 Å². The molecule has 0 radical (unpaired) electrons. The van der Waals surface area contributed by atoms with Crippen molar-refractivity contribution in [3.05, 3.63) is 56.1 Å². The van der Waals surface area contributed by atoms with Crippen LogP contribution in [-0.4, -0.2) is 37.7 Å². The quantitative estimate of drug-likeness (QED) is 0.168. The van der Waals surface area contributed by atoms with Crippen molar-refractivity contribution < 1.29 is 24.0 Å². The van der Waals surface area contributed by atoms with Crippen molar-refractivity contribution in [2.45, 2.75) is 25.7 Å². The van der Waals surface area contributed by atoms with Gasteiger partial charge in [0.05, 0.1) is 14.9 Å². The van der Waals surface area contributed by atoms with Crippen LogP contribution < -0.4 is 0 Å². The number of benzene rings is 1. The molecule has 11 heteroatoms. The van der Waals surface area contributed by atoms with Gasteiger partial charge in [0.2, 0.25) is 0 Å². The molecule has 0 aliphatic carbocycles. The zero-order valence-electron chi connectivity index (χ0n) is 16.1. The summed E-state index contributed by atoms with van der Waals surface area (Å²) in [6, 6.07) is 7.44. The van der Waals surface area contributed by atoms with E-state index in [1.807, 2.05) is 0 Å². The van der Waals surface area contributed by atoms with Gasteiger partial charge in [-0.2, -0.15) is 0 Å². The van der Waals surface area contributed by atoms with Crippen LogP contribution in [0.5, 0.6) is 0 Å². The Morgan fingerprint density at radius 3 is 2.74 bits per heavy atom. The fraction of sp³-hybridized carbons (Fsp3) is 0.250. The lowest BCUT2D eigenvalue weighted by atomic mass is 10.1. The average molecular weight is 481 g/mol. The lowest BCUT2D eigenvalue weighted by Gasteiger charge is -2.13. The van der Waals surface area contributed by atoms with Crippen LogP contribution in [0.25, 0.3) is 17.4 Å². The Bertz CT molecular complexity index is 1080. The Balaban J connectivity index is 1.67. The molecule has 1 saturated heterocycles. The largest absolute Gasteiger partial charge is 0.481 e. The average Bonchev–Trinajstić information content (AvgIpc) is 3.27. The van der Waals surface area contributed by atoms with Gasteiger partial charge in [-0.25, -0.2) is 0 Å². The molecular weight excluding hydrogens is 464 g/mol. The van der Waals surface area contributed by atoms with Gasteiger partial charge in [-0.3, -0.25) is 24.6 Å². The van der Waals surface area contributed by atoms with E-state index >= 15 is 0 Å². The molecule has 162 valence electrons. The Kier molecular flexibility index (Phi) is 7.47. The number of thioether (sulfide) groups is 1.